The van der Waals surface area contributed by atoms with Gasteiger partial charge in [-0.05, 0) is 17.9 Å². The summed E-state index contributed by atoms with van der Waals surface area (Å²) in [6.07, 6.45) is 2.95. The summed E-state index contributed by atoms with van der Waals surface area (Å²) < 4.78 is 12.1. The number of pyridine rings is 1. The molecular weight excluding hydrogens is 294 g/mol. The third-order valence-electron chi connectivity index (χ3n) is 4.22. The lowest BCUT2D eigenvalue weighted by atomic mass is 10.1. The molecule has 0 unspecified atom stereocenters. The Kier molecular flexibility index (Phi) is 4.24. The van der Waals surface area contributed by atoms with Gasteiger partial charge in [-0.1, -0.05) is 27.7 Å². The van der Waals surface area contributed by atoms with E-state index in [2.05, 4.69) is 37.7 Å². The van der Waals surface area contributed by atoms with Crippen LogP contribution >= 0.6 is 0 Å². The highest BCUT2D eigenvalue weighted by Gasteiger charge is 2.27. The van der Waals surface area contributed by atoms with Crippen molar-refractivity contribution in [1.29, 1.82) is 0 Å². The summed E-state index contributed by atoms with van der Waals surface area (Å²) in [7, 11) is 0. The van der Waals surface area contributed by atoms with Crippen LogP contribution in [-0.2, 0) is 9.47 Å². The average Bonchev–Trinajstić information content (AvgIpc) is 3.16. The summed E-state index contributed by atoms with van der Waals surface area (Å²) in [6.45, 7) is 9.55. The standard InChI is InChI=1S/C17H23N3O3/c1-10(2)14-8-22-16(18-14)12-5-13(7-20(21)6-12)17-19-15(9-23-17)11(3)4/h5-7,10-11,14-15H,8-9H2,1-4H3/t14-,15-/m1/s1. The van der Waals surface area contributed by atoms with Gasteiger partial charge in [0.25, 0.3) is 0 Å². The minimum atomic E-state index is 0.138. The molecule has 3 heterocycles. The van der Waals surface area contributed by atoms with Crippen molar-refractivity contribution in [2.45, 2.75) is 39.8 Å². The Morgan fingerprint density at radius 3 is 1.74 bits per heavy atom. The summed E-state index contributed by atoms with van der Waals surface area (Å²) in [5.74, 6) is 1.86. The topological polar surface area (TPSA) is 70.1 Å². The van der Waals surface area contributed by atoms with Crippen LogP contribution in [0.1, 0.15) is 38.8 Å². The van der Waals surface area contributed by atoms with Crippen molar-refractivity contribution in [3.63, 3.8) is 0 Å². The molecule has 0 fully saturated rings. The van der Waals surface area contributed by atoms with Crippen LogP contribution in [0.3, 0.4) is 0 Å². The molecule has 0 saturated carbocycles. The molecule has 0 N–H and O–H groups in total. The fraction of sp³-hybridized carbons (Fsp3) is 0.588. The van der Waals surface area contributed by atoms with E-state index in [0.717, 1.165) is 4.73 Å². The molecule has 0 bridgehead atoms. The fourth-order valence-electron chi connectivity index (χ4n) is 2.57. The van der Waals surface area contributed by atoms with E-state index >= 15 is 0 Å². The molecule has 1 aromatic heterocycles. The number of rotatable bonds is 4. The van der Waals surface area contributed by atoms with Gasteiger partial charge in [-0.3, -0.25) is 0 Å². The molecule has 1 aromatic rings. The van der Waals surface area contributed by atoms with Gasteiger partial charge in [0.2, 0.25) is 11.8 Å². The summed E-state index contributed by atoms with van der Waals surface area (Å²) in [4.78, 5) is 9.14. The Morgan fingerprint density at radius 2 is 1.39 bits per heavy atom. The molecule has 2 aliphatic heterocycles. The van der Waals surface area contributed by atoms with Crippen LogP contribution in [-0.4, -0.2) is 37.1 Å². The lowest BCUT2D eigenvalue weighted by Gasteiger charge is -2.06. The largest absolute Gasteiger partial charge is 0.619 e. The lowest BCUT2D eigenvalue weighted by molar-refractivity contribution is -0.605. The van der Waals surface area contributed by atoms with E-state index in [9.17, 15) is 5.21 Å². The maximum absolute atomic E-state index is 12.0. The van der Waals surface area contributed by atoms with Gasteiger partial charge in [0.1, 0.15) is 24.3 Å². The van der Waals surface area contributed by atoms with E-state index < -0.39 is 0 Å². The molecule has 0 spiro atoms. The van der Waals surface area contributed by atoms with Crippen LogP contribution in [0.2, 0.25) is 0 Å². The van der Waals surface area contributed by atoms with Gasteiger partial charge in [0.05, 0.1) is 12.1 Å². The highest BCUT2D eigenvalue weighted by Crippen LogP contribution is 2.20. The number of hydrogen-bond donors (Lipinski definition) is 0. The first-order chi connectivity index (χ1) is 10.9. The summed E-state index contributed by atoms with van der Waals surface area (Å²) in [6, 6.07) is 2.13. The third kappa shape index (κ3) is 3.30. The smallest absolute Gasteiger partial charge is 0.222 e. The van der Waals surface area contributed by atoms with E-state index in [-0.39, 0.29) is 12.1 Å². The summed E-state index contributed by atoms with van der Waals surface area (Å²) >= 11 is 0. The number of hydrogen-bond acceptors (Lipinski definition) is 5. The van der Waals surface area contributed by atoms with Crippen LogP contribution in [0, 0.1) is 17.0 Å². The van der Waals surface area contributed by atoms with Gasteiger partial charge in [-0.25, -0.2) is 9.98 Å². The predicted octanol–water partition coefficient (Wildman–Crippen LogP) is 1.92. The number of aliphatic imine (C=N–C) groups is 2. The van der Waals surface area contributed by atoms with Crippen molar-refractivity contribution >= 4 is 11.8 Å². The molecule has 0 aliphatic carbocycles. The predicted molar refractivity (Wildman–Crippen MR) is 87.6 cm³/mol. The zero-order chi connectivity index (χ0) is 16.6. The van der Waals surface area contributed by atoms with Crippen LogP contribution < -0.4 is 4.73 Å². The second-order valence-corrected chi connectivity index (χ2v) is 6.79. The molecule has 2 atom stereocenters. The molecule has 6 nitrogen and oxygen atoms in total. The molecule has 0 amide bonds. The molecule has 0 saturated heterocycles. The van der Waals surface area contributed by atoms with E-state index in [1.807, 2.05) is 6.07 Å². The van der Waals surface area contributed by atoms with E-state index in [4.69, 9.17) is 9.47 Å². The van der Waals surface area contributed by atoms with Gasteiger partial charge in [-0.15, -0.1) is 0 Å². The Bertz CT molecular complexity index is 600. The monoisotopic (exact) mass is 317 g/mol. The maximum Gasteiger partial charge on any atom is 0.222 e. The SMILES string of the molecule is CC(C)[C@H]1COC(c2cc(C3=N[C@@H](C(C)C)CO3)c[n+]([O-])c2)=N1. The van der Waals surface area contributed by atoms with Gasteiger partial charge in [0, 0.05) is 0 Å². The molecule has 3 rings (SSSR count). The van der Waals surface area contributed by atoms with Crippen molar-refractivity contribution < 1.29 is 14.2 Å². The average molecular weight is 317 g/mol. The third-order valence-corrected chi connectivity index (χ3v) is 4.22. The van der Waals surface area contributed by atoms with E-state index in [0.29, 0.717) is 48.0 Å². The van der Waals surface area contributed by atoms with Crippen LogP contribution in [0.15, 0.2) is 28.4 Å². The molecule has 23 heavy (non-hydrogen) atoms. The fourth-order valence-corrected chi connectivity index (χ4v) is 2.57. The normalized spacial score (nSPS) is 23.7. The van der Waals surface area contributed by atoms with Crippen LogP contribution in [0.5, 0.6) is 0 Å². The molecular formula is C17H23N3O3. The highest BCUT2D eigenvalue weighted by atomic mass is 16.5. The molecule has 0 aromatic carbocycles. The minimum absolute atomic E-state index is 0.138. The van der Waals surface area contributed by atoms with Gasteiger partial charge >= 0.3 is 0 Å². The van der Waals surface area contributed by atoms with Gasteiger partial charge < -0.3 is 14.7 Å². The zero-order valence-corrected chi connectivity index (χ0v) is 14.0. The van der Waals surface area contributed by atoms with Crippen molar-refractivity contribution in [3.8, 4) is 0 Å². The molecule has 2 aliphatic rings. The van der Waals surface area contributed by atoms with Gasteiger partial charge in [0.15, 0.2) is 12.4 Å². The molecule has 6 heteroatoms. The summed E-state index contributed by atoms with van der Waals surface area (Å²) in [5.41, 5.74) is 1.33. The Morgan fingerprint density at radius 1 is 0.957 bits per heavy atom. The Labute approximate surface area is 136 Å². The van der Waals surface area contributed by atoms with E-state index in [1.54, 1.807) is 0 Å². The first-order valence-corrected chi connectivity index (χ1v) is 8.10. The number of ether oxygens (including phenoxy) is 2. The number of nitrogens with zero attached hydrogens (tertiary/aromatic N) is 3. The Hall–Kier alpha value is -2.11. The molecule has 0 radical (unpaired) electrons. The zero-order valence-electron chi connectivity index (χ0n) is 14.0. The second-order valence-electron chi connectivity index (χ2n) is 6.79. The van der Waals surface area contributed by atoms with Gasteiger partial charge in [-0.2, -0.15) is 4.73 Å². The second kappa shape index (κ2) is 6.18. The minimum Gasteiger partial charge on any atom is -0.619 e. The van der Waals surface area contributed by atoms with Crippen molar-refractivity contribution in [1.82, 2.24) is 0 Å². The summed E-state index contributed by atoms with van der Waals surface area (Å²) in [5, 5.41) is 12.0. The van der Waals surface area contributed by atoms with Crippen LogP contribution in [0.25, 0.3) is 0 Å². The van der Waals surface area contributed by atoms with Crippen LogP contribution in [0.4, 0.5) is 0 Å². The lowest BCUT2D eigenvalue weighted by Crippen LogP contribution is -2.28. The quantitative estimate of drug-likeness (QED) is 0.629. The van der Waals surface area contributed by atoms with Crippen molar-refractivity contribution in [2.24, 2.45) is 21.8 Å². The van der Waals surface area contributed by atoms with Crippen molar-refractivity contribution in [2.75, 3.05) is 13.2 Å². The Balaban J connectivity index is 1.89. The first-order valence-electron chi connectivity index (χ1n) is 8.10. The highest BCUT2D eigenvalue weighted by molar-refractivity contribution is 5.99. The van der Waals surface area contributed by atoms with E-state index in [1.165, 1.54) is 12.4 Å². The van der Waals surface area contributed by atoms with Crippen molar-refractivity contribution in [3.05, 3.63) is 34.8 Å². The molecule has 124 valence electrons. The maximum atomic E-state index is 12.0. The first kappa shape index (κ1) is 15.8. The number of aromatic nitrogens is 1.